The summed E-state index contributed by atoms with van der Waals surface area (Å²) in [5.74, 6) is -0.460. The van der Waals surface area contributed by atoms with Gasteiger partial charge in [0, 0.05) is 37.1 Å². The lowest BCUT2D eigenvalue weighted by atomic mass is 10.2. The maximum Gasteiger partial charge on any atom is 0.356 e. The molecule has 0 aromatic carbocycles. The highest BCUT2D eigenvalue weighted by Gasteiger charge is 2.23. The van der Waals surface area contributed by atoms with Crippen molar-refractivity contribution in [3.05, 3.63) is 47.4 Å². The Bertz CT molecular complexity index is 766. The number of anilines is 1. The predicted octanol–water partition coefficient (Wildman–Crippen LogP) is 2.52. The van der Waals surface area contributed by atoms with E-state index in [4.69, 9.17) is 0 Å². The van der Waals surface area contributed by atoms with Crippen molar-refractivity contribution in [3.63, 3.8) is 0 Å². The van der Waals surface area contributed by atoms with Gasteiger partial charge in [-0.25, -0.2) is 9.78 Å². The number of pyridine rings is 1. The predicted molar refractivity (Wildman–Crippen MR) is 81.0 cm³/mol. The molecule has 3 aromatic heterocycles. The summed E-state index contributed by atoms with van der Waals surface area (Å²) in [4.78, 5) is 22.7. The standard InChI is InChI=1S/C14H14N4O2S/c1-2-17(9-10-3-5-15-6-4-10)12-11(13(19)20)18-7-8-21-14(18)16-12/h3-8H,2,9H2,1H3,(H,19,20). The summed E-state index contributed by atoms with van der Waals surface area (Å²) in [7, 11) is 0. The number of carboxylic acids is 1. The third-order valence-electron chi connectivity index (χ3n) is 3.25. The van der Waals surface area contributed by atoms with Crippen molar-refractivity contribution in [2.45, 2.75) is 13.5 Å². The van der Waals surface area contributed by atoms with Crippen molar-refractivity contribution in [1.29, 1.82) is 0 Å². The quantitative estimate of drug-likeness (QED) is 0.784. The van der Waals surface area contributed by atoms with Gasteiger partial charge >= 0.3 is 5.97 Å². The zero-order chi connectivity index (χ0) is 14.8. The molecule has 0 aliphatic heterocycles. The number of fused-ring (bicyclic) bond motifs is 1. The van der Waals surface area contributed by atoms with Crippen molar-refractivity contribution in [1.82, 2.24) is 14.4 Å². The summed E-state index contributed by atoms with van der Waals surface area (Å²) in [6.07, 6.45) is 5.19. The van der Waals surface area contributed by atoms with Crippen molar-refractivity contribution in [2.75, 3.05) is 11.4 Å². The van der Waals surface area contributed by atoms with Crippen LogP contribution < -0.4 is 4.90 Å². The van der Waals surface area contributed by atoms with E-state index in [0.717, 1.165) is 5.56 Å². The van der Waals surface area contributed by atoms with E-state index in [0.29, 0.717) is 23.9 Å². The van der Waals surface area contributed by atoms with Gasteiger partial charge in [0.05, 0.1) is 0 Å². The molecule has 6 nitrogen and oxygen atoms in total. The molecule has 0 aliphatic rings. The number of carbonyl (C=O) groups is 1. The average Bonchev–Trinajstić information content (AvgIpc) is 3.05. The Hall–Kier alpha value is -2.41. The Kier molecular flexibility index (Phi) is 3.57. The molecule has 3 heterocycles. The highest BCUT2D eigenvalue weighted by atomic mass is 32.1. The first-order chi connectivity index (χ1) is 10.2. The fraction of sp³-hybridized carbons (Fsp3) is 0.214. The van der Waals surface area contributed by atoms with Crippen molar-refractivity contribution < 1.29 is 9.90 Å². The molecule has 0 atom stereocenters. The smallest absolute Gasteiger partial charge is 0.356 e. The first kappa shape index (κ1) is 13.6. The Balaban J connectivity index is 2.02. The number of thiazole rings is 1. The molecule has 0 aliphatic carbocycles. The summed E-state index contributed by atoms with van der Waals surface area (Å²) in [5, 5.41) is 11.3. The number of aromatic nitrogens is 3. The molecule has 0 spiro atoms. The molecule has 3 aromatic rings. The average molecular weight is 302 g/mol. The summed E-state index contributed by atoms with van der Waals surface area (Å²) >= 11 is 1.43. The second-order valence-corrected chi connectivity index (χ2v) is 5.39. The van der Waals surface area contributed by atoms with E-state index < -0.39 is 5.97 Å². The van der Waals surface area contributed by atoms with Crippen LogP contribution in [0, 0.1) is 0 Å². The third kappa shape index (κ3) is 2.47. The molecule has 1 N–H and O–H groups in total. The Morgan fingerprint density at radius 2 is 2.19 bits per heavy atom. The topological polar surface area (TPSA) is 70.7 Å². The minimum absolute atomic E-state index is 0.210. The molecule has 0 fully saturated rings. The molecule has 0 bridgehead atoms. The molecule has 21 heavy (non-hydrogen) atoms. The molecule has 0 saturated carbocycles. The van der Waals surface area contributed by atoms with Gasteiger partial charge in [-0.1, -0.05) is 0 Å². The zero-order valence-corrected chi connectivity index (χ0v) is 12.2. The second kappa shape index (κ2) is 5.53. The van der Waals surface area contributed by atoms with Gasteiger partial charge in [0.2, 0.25) is 0 Å². The van der Waals surface area contributed by atoms with E-state index in [-0.39, 0.29) is 5.69 Å². The van der Waals surface area contributed by atoms with Crippen LogP contribution in [0.3, 0.4) is 0 Å². The minimum Gasteiger partial charge on any atom is -0.476 e. The molecule has 108 valence electrons. The maximum absolute atomic E-state index is 11.6. The maximum atomic E-state index is 11.6. The van der Waals surface area contributed by atoms with Crippen LogP contribution in [0.25, 0.3) is 4.96 Å². The van der Waals surface area contributed by atoms with Crippen LogP contribution in [0.2, 0.25) is 0 Å². The van der Waals surface area contributed by atoms with Crippen molar-refractivity contribution in [2.24, 2.45) is 0 Å². The number of rotatable bonds is 5. The van der Waals surface area contributed by atoms with Crippen LogP contribution in [-0.4, -0.2) is 32.0 Å². The molecule has 0 amide bonds. The summed E-state index contributed by atoms with van der Waals surface area (Å²) < 4.78 is 1.62. The molecule has 0 saturated heterocycles. The lowest BCUT2D eigenvalue weighted by molar-refractivity contribution is 0.0690. The summed E-state index contributed by atoms with van der Waals surface area (Å²) in [6.45, 7) is 3.26. The van der Waals surface area contributed by atoms with Crippen LogP contribution in [0.15, 0.2) is 36.1 Å². The summed E-state index contributed by atoms with van der Waals surface area (Å²) in [5.41, 5.74) is 1.28. The highest BCUT2D eigenvalue weighted by molar-refractivity contribution is 7.15. The summed E-state index contributed by atoms with van der Waals surface area (Å²) in [6, 6.07) is 3.84. The first-order valence-corrected chi connectivity index (χ1v) is 7.41. The number of imidazole rings is 1. The van der Waals surface area contributed by atoms with Crippen LogP contribution in [0.4, 0.5) is 5.82 Å². The van der Waals surface area contributed by atoms with E-state index in [9.17, 15) is 9.90 Å². The Morgan fingerprint density at radius 1 is 1.43 bits per heavy atom. The van der Waals surface area contributed by atoms with Gasteiger partial charge in [-0.2, -0.15) is 0 Å². The van der Waals surface area contributed by atoms with Crippen molar-refractivity contribution in [3.8, 4) is 0 Å². The molecule has 3 rings (SSSR count). The van der Waals surface area contributed by atoms with Gasteiger partial charge in [-0.15, -0.1) is 11.3 Å². The second-order valence-electron chi connectivity index (χ2n) is 4.51. The van der Waals surface area contributed by atoms with Crippen LogP contribution in [-0.2, 0) is 6.54 Å². The molecule has 0 radical (unpaired) electrons. The number of aromatic carboxylic acids is 1. The molecule has 7 heteroatoms. The number of hydrogen-bond donors (Lipinski definition) is 1. The number of nitrogens with zero attached hydrogens (tertiary/aromatic N) is 4. The van der Waals surface area contributed by atoms with E-state index in [1.807, 2.05) is 29.3 Å². The Labute approximate surface area is 125 Å². The monoisotopic (exact) mass is 302 g/mol. The van der Waals surface area contributed by atoms with Gasteiger partial charge in [-0.3, -0.25) is 9.38 Å². The largest absolute Gasteiger partial charge is 0.476 e. The number of carboxylic acid groups (broad SMARTS) is 1. The fourth-order valence-electron chi connectivity index (χ4n) is 2.24. The minimum atomic E-state index is -0.968. The van der Waals surface area contributed by atoms with Gasteiger partial charge < -0.3 is 10.0 Å². The number of hydrogen-bond acceptors (Lipinski definition) is 5. The van der Waals surface area contributed by atoms with E-state index in [1.165, 1.54) is 11.3 Å². The lowest BCUT2D eigenvalue weighted by Gasteiger charge is -2.21. The van der Waals surface area contributed by atoms with Crippen LogP contribution >= 0.6 is 11.3 Å². The van der Waals surface area contributed by atoms with E-state index in [2.05, 4.69) is 9.97 Å². The zero-order valence-electron chi connectivity index (χ0n) is 11.4. The SMILES string of the molecule is CCN(Cc1ccncc1)c1nc2sccn2c1C(=O)O. The van der Waals surface area contributed by atoms with Crippen LogP contribution in [0.1, 0.15) is 23.0 Å². The van der Waals surface area contributed by atoms with Gasteiger partial charge in [-0.05, 0) is 24.6 Å². The van der Waals surface area contributed by atoms with E-state index >= 15 is 0 Å². The highest BCUT2D eigenvalue weighted by Crippen LogP contribution is 2.25. The normalized spacial score (nSPS) is 10.9. The molecular formula is C14H14N4O2S. The van der Waals surface area contributed by atoms with Gasteiger partial charge in [0.1, 0.15) is 0 Å². The molecule has 0 unspecified atom stereocenters. The van der Waals surface area contributed by atoms with Gasteiger partial charge in [0.25, 0.3) is 0 Å². The lowest BCUT2D eigenvalue weighted by Crippen LogP contribution is -2.24. The van der Waals surface area contributed by atoms with Crippen LogP contribution in [0.5, 0.6) is 0 Å². The fourth-order valence-corrected chi connectivity index (χ4v) is 2.95. The third-order valence-corrected chi connectivity index (χ3v) is 4.01. The first-order valence-electron chi connectivity index (χ1n) is 6.53. The molecular weight excluding hydrogens is 288 g/mol. The van der Waals surface area contributed by atoms with E-state index in [1.54, 1.807) is 23.0 Å². The Morgan fingerprint density at radius 3 is 2.86 bits per heavy atom. The van der Waals surface area contributed by atoms with Gasteiger partial charge in [0.15, 0.2) is 16.5 Å². The van der Waals surface area contributed by atoms with Crippen molar-refractivity contribution >= 4 is 28.1 Å².